The van der Waals surface area contributed by atoms with E-state index in [-0.39, 0.29) is 0 Å². The van der Waals surface area contributed by atoms with Crippen LogP contribution in [0.1, 0.15) is 33.1 Å². The first kappa shape index (κ1) is 14.2. The Hall–Kier alpha value is -0.710. The number of hydrogen-bond acceptors (Lipinski definition) is 2. The van der Waals surface area contributed by atoms with Crippen molar-refractivity contribution in [1.29, 1.82) is 0 Å². The molecule has 2 bridgehead atoms. The SMILES string of the molecule is CC1(C)[C@H]2CC[C@@H](CN[S+](=O)([O-])c3ccccc3)[C@@H]1C2. The summed E-state index contributed by atoms with van der Waals surface area (Å²) in [4.78, 5) is 0.363. The van der Waals surface area contributed by atoms with Crippen LogP contribution in [0.15, 0.2) is 35.2 Å². The zero-order valence-corrected chi connectivity index (χ0v) is 13.0. The summed E-state index contributed by atoms with van der Waals surface area (Å²) in [6.07, 6.45) is 3.70. The van der Waals surface area contributed by atoms with Crippen LogP contribution < -0.4 is 4.72 Å². The summed E-state index contributed by atoms with van der Waals surface area (Å²) in [6.45, 7) is 5.26. The van der Waals surface area contributed by atoms with Gasteiger partial charge in [-0.3, -0.25) is 0 Å². The maximum atomic E-state index is 12.2. The van der Waals surface area contributed by atoms with Gasteiger partial charge < -0.3 is 4.55 Å². The molecule has 3 aliphatic carbocycles. The molecule has 4 heteroatoms. The Morgan fingerprint density at radius 1 is 1.30 bits per heavy atom. The van der Waals surface area contributed by atoms with E-state index in [1.165, 1.54) is 12.8 Å². The fourth-order valence-corrected chi connectivity index (χ4v) is 5.22. The van der Waals surface area contributed by atoms with Crippen molar-refractivity contribution in [2.75, 3.05) is 6.54 Å². The third kappa shape index (κ3) is 2.34. The highest BCUT2D eigenvalue weighted by Gasteiger charge is 2.54. The lowest BCUT2D eigenvalue weighted by molar-refractivity contribution is -0.102. The molecule has 0 saturated heterocycles. The first-order chi connectivity index (χ1) is 9.41. The molecule has 0 heterocycles. The summed E-state index contributed by atoms with van der Waals surface area (Å²) in [6, 6.07) is 8.64. The van der Waals surface area contributed by atoms with Crippen molar-refractivity contribution < 1.29 is 8.76 Å². The minimum absolute atomic E-state index is 0.363. The van der Waals surface area contributed by atoms with Crippen LogP contribution in [0, 0.1) is 23.2 Å². The van der Waals surface area contributed by atoms with Crippen molar-refractivity contribution in [3.05, 3.63) is 30.3 Å². The van der Waals surface area contributed by atoms with Gasteiger partial charge in [-0.05, 0) is 54.6 Å². The van der Waals surface area contributed by atoms with E-state index in [9.17, 15) is 8.76 Å². The van der Waals surface area contributed by atoms with E-state index < -0.39 is 10.4 Å². The largest absolute Gasteiger partial charge is 0.593 e. The van der Waals surface area contributed by atoms with Gasteiger partial charge in [0, 0.05) is 6.54 Å². The Labute approximate surface area is 122 Å². The van der Waals surface area contributed by atoms with Crippen LogP contribution in [0.25, 0.3) is 0 Å². The molecule has 1 aromatic rings. The van der Waals surface area contributed by atoms with E-state index in [0.29, 0.717) is 28.7 Å². The predicted molar refractivity (Wildman–Crippen MR) is 79.6 cm³/mol. The topological polar surface area (TPSA) is 52.2 Å². The van der Waals surface area contributed by atoms with Crippen molar-refractivity contribution in [2.24, 2.45) is 23.2 Å². The zero-order chi connectivity index (χ0) is 14.4. The van der Waals surface area contributed by atoms with E-state index in [4.69, 9.17) is 0 Å². The molecular formula is C16H23NO2S. The average molecular weight is 293 g/mol. The van der Waals surface area contributed by atoms with E-state index in [1.807, 2.05) is 6.07 Å². The molecule has 3 saturated carbocycles. The molecule has 0 amide bonds. The van der Waals surface area contributed by atoms with Crippen molar-refractivity contribution in [3.8, 4) is 0 Å². The highest BCUT2D eigenvalue weighted by molar-refractivity contribution is 7.95. The van der Waals surface area contributed by atoms with Crippen LogP contribution in [0.2, 0.25) is 0 Å². The van der Waals surface area contributed by atoms with Gasteiger partial charge >= 0.3 is 0 Å². The first-order valence-corrected chi connectivity index (χ1v) is 8.94. The molecule has 4 rings (SSSR count). The fraction of sp³-hybridized carbons (Fsp3) is 0.625. The van der Waals surface area contributed by atoms with Crippen LogP contribution in [-0.4, -0.2) is 11.1 Å². The second-order valence-corrected chi connectivity index (χ2v) is 8.63. The van der Waals surface area contributed by atoms with E-state index in [1.54, 1.807) is 24.3 Å². The van der Waals surface area contributed by atoms with Gasteiger partial charge in [0.15, 0.2) is 15.3 Å². The number of benzene rings is 1. The fourth-order valence-electron chi connectivity index (χ4n) is 4.11. The van der Waals surface area contributed by atoms with E-state index >= 15 is 0 Å². The Balaban J connectivity index is 1.64. The summed E-state index contributed by atoms with van der Waals surface area (Å²) < 4.78 is 27.3. The minimum Gasteiger partial charge on any atom is -0.593 e. The Bertz CT molecular complexity index is 527. The van der Waals surface area contributed by atoms with Gasteiger partial charge in [-0.1, -0.05) is 36.3 Å². The Morgan fingerprint density at radius 2 is 2.00 bits per heavy atom. The number of sulfonamides is 1. The second kappa shape index (κ2) is 4.93. The molecule has 0 aromatic heterocycles. The van der Waals surface area contributed by atoms with Crippen LogP contribution in [-0.2, 0) is 14.6 Å². The third-order valence-corrected chi connectivity index (χ3v) is 7.03. The molecule has 0 aliphatic heterocycles. The van der Waals surface area contributed by atoms with E-state index in [0.717, 1.165) is 12.3 Å². The lowest BCUT2D eigenvalue weighted by Crippen LogP contribution is -2.54. The third-order valence-electron chi connectivity index (χ3n) is 5.59. The highest BCUT2D eigenvalue weighted by Crippen LogP contribution is 2.61. The van der Waals surface area contributed by atoms with Gasteiger partial charge in [-0.15, -0.1) is 4.72 Å². The van der Waals surface area contributed by atoms with E-state index in [2.05, 4.69) is 18.6 Å². The quantitative estimate of drug-likeness (QED) is 0.866. The molecule has 3 nitrogen and oxygen atoms in total. The van der Waals surface area contributed by atoms with Gasteiger partial charge in [0.25, 0.3) is 0 Å². The number of nitrogens with one attached hydrogen (secondary N) is 1. The van der Waals surface area contributed by atoms with Crippen molar-refractivity contribution in [3.63, 3.8) is 0 Å². The highest BCUT2D eigenvalue weighted by atomic mass is 32.3. The average Bonchev–Trinajstić information content (AvgIpc) is 2.46. The van der Waals surface area contributed by atoms with Gasteiger partial charge in [-0.2, -0.15) is 0 Å². The van der Waals surface area contributed by atoms with Crippen LogP contribution in [0.4, 0.5) is 0 Å². The van der Waals surface area contributed by atoms with Gasteiger partial charge in [-0.25, -0.2) is 0 Å². The number of hydrogen-bond donors (Lipinski definition) is 1. The smallest absolute Gasteiger partial charge is 0.175 e. The molecule has 3 aliphatic rings. The summed E-state index contributed by atoms with van der Waals surface area (Å²) in [5.41, 5.74) is 0.404. The summed E-state index contributed by atoms with van der Waals surface area (Å²) in [5.74, 6) is 2.03. The molecule has 4 atom stereocenters. The second-order valence-electron chi connectivity index (χ2n) is 6.86. The summed E-state index contributed by atoms with van der Waals surface area (Å²) >= 11 is 0. The van der Waals surface area contributed by atoms with Crippen LogP contribution >= 0.6 is 0 Å². The monoisotopic (exact) mass is 293 g/mol. The molecule has 0 spiro atoms. The Kier molecular flexibility index (Phi) is 3.51. The molecule has 1 unspecified atom stereocenters. The normalized spacial score (nSPS) is 34.0. The molecular weight excluding hydrogens is 270 g/mol. The molecule has 110 valence electrons. The molecule has 20 heavy (non-hydrogen) atoms. The molecule has 1 aromatic carbocycles. The molecule has 3 fully saturated rings. The minimum atomic E-state index is -3.35. The molecule has 1 N–H and O–H groups in total. The lowest BCUT2D eigenvalue weighted by Gasteiger charge is -2.60. The zero-order valence-electron chi connectivity index (χ0n) is 12.2. The summed E-state index contributed by atoms with van der Waals surface area (Å²) in [7, 11) is -3.35. The van der Waals surface area contributed by atoms with Crippen LogP contribution in [0.5, 0.6) is 0 Å². The van der Waals surface area contributed by atoms with Gasteiger partial charge in [0.2, 0.25) is 0 Å². The lowest BCUT2D eigenvalue weighted by atomic mass is 9.45. The molecule has 0 radical (unpaired) electrons. The van der Waals surface area contributed by atoms with Crippen molar-refractivity contribution >= 4 is 10.4 Å². The number of fused-ring (bicyclic) bond motifs is 2. The van der Waals surface area contributed by atoms with Crippen molar-refractivity contribution in [1.82, 2.24) is 4.72 Å². The number of rotatable bonds is 4. The maximum Gasteiger partial charge on any atom is 0.175 e. The van der Waals surface area contributed by atoms with Gasteiger partial charge in [0.1, 0.15) is 0 Å². The van der Waals surface area contributed by atoms with Crippen LogP contribution in [0.3, 0.4) is 0 Å². The summed E-state index contributed by atoms with van der Waals surface area (Å²) in [5, 5.41) is 0. The first-order valence-electron chi connectivity index (χ1n) is 7.46. The van der Waals surface area contributed by atoms with Gasteiger partial charge in [0.05, 0.1) is 0 Å². The Morgan fingerprint density at radius 3 is 2.60 bits per heavy atom. The maximum absolute atomic E-state index is 12.2. The predicted octanol–water partition coefficient (Wildman–Crippen LogP) is 3.25. The standard InChI is InChI=1S/C16H23NO2S/c1-16(2)13-9-8-12(15(16)10-13)11-17-20(18,19)14-6-4-3-5-7-14/h3-7,12-13,15H,8-11H2,1-2H3,(H-,17,18,19)/t12-,13-,15-/m0/s1. The van der Waals surface area contributed by atoms with Crippen molar-refractivity contribution in [2.45, 2.75) is 38.0 Å².